The first-order valence-electron chi connectivity index (χ1n) is 9.37. The van der Waals surface area contributed by atoms with Gasteiger partial charge in [-0.1, -0.05) is 6.92 Å². The zero-order valence-electron chi connectivity index (χ0n) is 15.5. The quantitative estimate of drug-likeness (QED) is 0.838. The third-order valence-corrected chi connectivity index (χ3v) is 6.32. The van der Waals surface area contributed by atoms with E-state index in [0.717, 1.165) is 24.3 Å². The third-order valence-electron chi connectivity index (χ3n) is 5.27. The Balaban J connectivity index is 1.45. The van der Waals surface area contributed by atoms with Gasteiger partial charge >= 0.3 is 6.18 Å². The fraction of sp³-hybridized carbons (Fsp3) is 0.611. The standard InChI is InChI=1S/C18H22F3N5OS/c1-11-6-14(22-9-11)17(27)26-4-2-25(3-5-26)15-13-7-12(8-18(19,20)21)28-16(13)24-10-23-15/h7,10-11,14,22H,2-6,8-9H2,1H3/t11-,14+/m1/s1. The van der Waals surface area contributed by atoms with Crippen LogP contribution in [0, 0.1) is 5.92 Å². The fourth-order valence-electron chi connectivity index (χ4n) is 3.89. The number of amides is 1. The highest BCUT2D eigenvalue weighted by atomic mass is 32.1. The van der Waals surface area contributed by atoms with Gasteiger partial charge in [-0.25, -0.2) is 9.97 Å². The SMILES string of the molecule is C[C@H]1CN[C@H](C(=O)N2CCN(c3ncnc4sc(CC(F)(F)F)cc34)CC2)C1. The van der Waals surface area contributed by atoms with Gasteiger partial charge in [0.25, 0.3) is 0 Å². The average Bonchev–Trinajstić information content (AvgIpc) is 3.25. The molecule has 10 heteroatoms. The number of hydrogen-bond donors (Lipinski definition) is 1. The van der Waals surface area contributed by atoms with Crippen LogP contribution in [0.25, 0.3) is 10.2 Å². The van der Waals surface area contributed by atoms with Gasteiger partial charge in [0.15, 0.2) is 0 Å². The van der Waals surface area contributed by atoms with Crippen molar-refractivity contribution in [1.29, 1.82) is 0 Å². The molecular formula is C18H22F3N5OS. The largest absolute Gasteiger partial charge is 0.393 e. The number of alkyl halides is 3. The molecule has 0 bridgehead atoms. The normalized spacial score (nSPS) is 23.6. The van der Waals surface area contributed by atoms with Crippen LogP contribution >= 0.6 is 11.3 Å². The number of rotatable bonds is 3. The molecule has 2 aromatic heterocycles. The summed E-state index contributed by atoms with van der Waals surface area (Å²) in [6.45, 7) is 5.36. The van der Waals surface area contributed by atoms with Crippen molar-refractivity contribution in [3.05, 3.63) is 17.3 Å². The van der Waals surface area contributed by atoms with E-state index >= 15 is 0 Å². The number of carbonyl (C=O) groups is 1. The third kappa shape index (κ3) is 4.07. The Bertz CT molecular complexity index is 863. The summed E-state index contributed by atoms with van der Waals surface area (Å²) >= 11 is 1.05. The lowest BCUT2D eigenvalue weighted by atomic mass is 10.1. The molecule has 0 saturated carbocycles. The van der Waals surface area contributed by atoms with Gasteiger partial charge in [0.05, 0.1) is 17.8 Å². The first-order chi connectivity index (χ1) is 13.3. The monoisotopic (exact) mass is 413 g/mol. The summed E-state index contributed by atoms with van der Waals surface area (Å²) in [7, 11) is 0. The number of anilines is 1. The van der Waals surface area contributed by atoms with E-state index in [2.05, 4.69) is 22.2 Å². The minimum atomic E-state index is -4.24. The molecule has 4 rings (SSSR count). The van der Waals surface area contributed by atoms with E-state index in [0.29, 0.717) is 48.1 Å². The summed E-state index contributed by atoms with van der Waals surface area (Å²) in [5, 5.41) is 3.93. The molecule has 28 heavy (non-hydrogen) atoms. The maximum atomic E-state index is 12.7. The number of carbonyl (C=O) groups excluding carboxylic acids is 1. The Labute approximate surface area is 164 Å². The molecule has 1 amide bonds. The lowest BCUT2D eigenvalue weighted by molar-refractivity contribution is -0.133. The Kier molecular flexibility index (Phi) is 5.17. The zero-order chi connectivity index (χ0) is 19.9. The smallest absolute Gasteiger partial charge is 0.352 e. The van der Waals surface area contributed by atoms with Crippen molar-refractivity contribution in [3.63, 3.8) is 0 Å². The summed E-state index contributed by atoms with van der Waals surface area (Å²) in [5.74, 6) is 1.29. The molecule has 1 N–H and O–H groups in total. The summed E-state index contributed by atoms with van der Waals surface area (Å²) in [6.07, 6.45) is -2.94. The predicted octanol–water partition coefficient (Wildman–Crippen LogP) is 2.44. The fourth-order valence-corrected chi connectivity index (χ4v) is 4.91. The molecule has 152 valence electrons. The van der Waals surface area contributed by atoms with Gasteiger partial charge in [-0.05, 0) is 24.9 Å². The van der Waals surface area contributed by atoms with Crippen molar-refractivity contribution in [2.75, 3.05) is 37.6 Å². The average molecular weight is 413 g/mol. The molecule has 4 heterocycles. The highest BCUT2D eigenvalue weighted by Gasteiger charge is 2.33. The molecule has 0 spiro atoms. The van der Waals surface area contributed by atoms with Crippen LogP contribution in [0.15, 0.2) is 12.4 Å². The van der Waals surface area contributed by atoms with Crippen LogP contribution < -0.4 is 10.2 Å². The first-order valence-corrected chi connectivity index (χ1v) is 10.2. The van der Waals surface area contributed by atoms with Crippen LogP contribution in [-0.4, -0.2) is 65.7 Å². The van der Waals surface area contributed by atoms with Crippen molar-refractivity contribution >= 4 is 33.3 Å². The van der Waals surface area contributed by atoms with Crippen LogP contribution in [-0.2, 0) is 11.2 Å². The van der Waals surface area contributed by atoms with Crippen molar-refractivity contribution in [2.45, 2.75) is 32.0 Å². The minimum Gasteiger partial charge on any atom is -0.352 e. The number of fused-ring (bicyclic) bond motifs is 1. The summed E-state index contributed by atoms with van der Waals surface area (Å²) in [5.41, 5.74) is 0. The zero-order valence-corrected chi connectivity index (χ0v) is 16.3. The van der Waals surface area contributed by atoms with Crippen molar-refractivity contribution in [2.24, 2.45) is 5.92 Å². The van der Waals surface area contributed by atoms with E-state index in [-0.39, 0.29) is 16.8 Å². The molecular weight excluding hydrogens is 391 g/mol. The second-order valence-corrected chi connectivity index (χ2v) is 8.65. The Hall–Kier alpha value is -1.94. The molecule has 6 nitrogen and oxygen atoms in total. The van der Waals surface area contributed by atoms with Crippen LogP contribution in [0.2, 0.25) is 0 Å². The molecule has 2 aliphatic heterocycles. The second-order valence-electron chi connectivity index (χ2n) is 7.53. The predicted molar refractivity (Wildman–Crippen MR) is 102 cm³/mol. The molecule has 0 aromatic carbocycles. The number of piperazine rings is 1. The molecule has 2 aliphatic rings. The van der Waals surface area contributed by atoms with Crippen molar-refractivity contribution in [3.8, 4) is 0 Å². The maximum Gasteiger partial charge on any atom is 0.393 e. The molecule has 2 fully saturated rings. The molecule has 0 unspecified atom stereocenters. The van der Waals surface area contributed by atoms with E-state index in [9.17, 15) is 18.0 Å². The van der Waals surface area contributed by atoms with E-state index in [4.69, 9.17) is 0 Å². The Morgan fingerprint density at radius 2 is 2.04 bits per heavy atom. The maximum absolute atomic E-state index is 12.7. The van der Waals surface area contributed by atoms with Gasteiger partial charge in [0.2, 0.25) is 5.91 Å². The summed E-state index contributed by atoms with van der Waals surface area (Å²) in [6, 6.07) is 1.44. The lowest BCUT2D eigenvalue weighted by Crippen LogP contribution is -2.53. The molecule has 2 aromatic rings. The highest BCUT2D eigenvalue weighted by Crippen LogP contribution is 2.34. The van der Waals surface area contributed by atoms with Crippen LogP contribution in [0.4, 0.5) is 19.0 Å². The topological polar surface area (TPSA) is 61.4 Å². The number of halogens is 3. The van der Waals surface area contributed by atoms with Crippen molar-refractivity contribution in [1.82, 2.24) is 20.2 Å². The van der Waals surface area contributed by atoms with Gasteiger partial charge in [-0.3, -0.25) is 4.79 Å². The number of nitrogens with one attached hydrogen (secondary N) is 1. The Morgan fingerprint density at radius 3 is 2.68 bits per heavy atom. The summed E-state index contributed by atoms with van der Waals surface area (Å²) < 4.78 is 38.1. The number of hydrogen-bond acceptors (Lipinski definition) is 6. The van der Waals surface area contributed by atoms with Gasteiger partial charge in [-0.15, -0.1) is 11.3 Å². The molecule has 0 aliphatic carbocycles. The first kappa shape index (κ1) is 19.4. The van der Waals surface area contributed by atoms with Crippen LogP contribution in [0.3, 0.4) is 0 Å². The van der Waals surface area contributed by atoms with Crippen molar-refractivity contribution < 1.29 is 18.0 Å². The van der Waals surface area contributed by atoms with Gasteiger partial charge in [-0.2, -0.15) is 13.2 Å². The highest BCUT2D eigenvalue weighted by molar-refractivity contribution is 7.18. The summed E-state index contributed by atoms with van der Waals surface area (Å²) in [4.78, 5) is 25.8. The van der Waals surface area contributed by atoms with E-state index in [1.807, 2.05) is 9.80 Å². The van der Waals surface area contributed by atoms with Crippen LogP contribution in [0.1, 0.15) is 18.2 Å². The van der Waals surface area contributed by atoms with Gasteiger partial charge < -0.3 is 15.1 Å². The Morgan fingerprint density at radius 1 is 1.29 bits per heavy atom. The van der Waals surface area contributed by atoms with Gasteiger partial charge in [0.1, 0.15) is 17.0 Å². The van der Waals surface area contributed by atoms with E-state index < -0.39 is 12.6 Å². The van der Waals surface area contributed by atoms with Crippen LogP contribution in [0.5, 0.6) is 0 Å². The number of thiophene rings is 1. The lowest BCUT2D eigenvalue weighted by Gasteiger charge is -2.36. The van der Waals surface area contributed by atoms with Gasteiger partial charge in [0, 0.05) is 31.1 Å². The second kappa shape index (κ2) is 7.47. The molecule has 2 saturated heterocycles. The van der Waals surface area contributed by atoms with E-state index in [1.54, 1.807) is 6.07 Å². The molecule has 0 radical (unpaired) electrons. The minimum absolute atomic E-state index is 0.103. The molecule has 2 atom stereocenters. The van der Waals surface area contributed by atoms with E-state index in [1.165, 1.54) is 6.33 Å². The number of aromatic nitrogens is 2. The number of nitrogens with zero attached hydrogens (tertiary/aromatic N) is 4.